The van der Waals surface area contributed by atoms with Crippen molar-refractivity contribution in [3.63, 3.8) is 0 Å². The molecule has 1 saturated heterocycles. The SMILES string of the molecule is CCCOP1(OC)(OCCCCOC)OCCCCO1. The van der Waals surface area contributed by atoms with Crippen molar-refractivity contribution in [3.05, 3.63) is 0 Å². The van der Waals surface area contributed by atoms with Gasteiger partial charge in [0.2, 0.25) is 0 Å². The summed E-state index contributed by atoms with van der Waals surface area (Å²) in [4.78, 5) is 0. The van der Waals surface area contributed by atoms with E-state index >= 15 is 0 Å². The van der Waals surface area contributed by atoms with Crippen LogP contribution in [-0.4, -0.2) is 47.3 Å². The Bertz CT molecular complexity index is 255. The molecule has 0 radical (unpaired) electrons. The topological polar surface area (TPSA) is 55.4 Å². The molecular weight excluding hydrogens is 283 g/mol. The van der Waals surface area contributed by atoms with E-state index in [9.17, 15) is 0 Å². The van der Waals surface area contributed by atoms with Crippen LogP contribution in [0.5, 0.6) is 0 Å². The summed E-state index contributed by atoms with van der Waals surface area (Å²) in [5.41, 5.74) is 0. The molecule has 0 unspecified atom stereocenters. The summed E-state index contributed by atoms with van der Waals surface area (Å²) >= 11 is 0. The molecule has 0 aromatic heterocycles. The average molecular weight is 312 g/mol. The Morgan fingerprint density at radius 3 is 2.05 bits per heavy atom. The van der Waals surface area contributed by atoms with Crippen LogP contribution >= 0.6 is 7.74 Å². The zero-order chi connectivity index (χ0) is 14.8. The normalized spacial score (nSPS) is 23.6. The zero-order valence-corrected chi connectivity index (χ0v) is 13.9. The molecule has 0 aromatic rings. The number of rotatable bonds is 10. The number of unbranched alkanes of at least 4 members (excludes halogenated alkanes) is 1. The fourth-order valence-electron chi connectivity index (χ4n) is 1.87. The standard InChI is InChI=1S/C13H29O6P/c1-4-9-16-20(15-3,17-11-6-5-10-14-2)18-12-7-8-13-19-20/h4-13H2,1-3H3. The van der Waals surface area contributed by atoms with E-state index in [-0.39, 0.29) is 0 Å². The molecule has 1 aliphatic rings. The van der Waals surface area contributed by atoms with Gasteiger partial charge < -0.3 is 0 Å². The van der Waals surface area contributed by atoms with Crippen LogP contribution in [0.2, 0.25) is 0 Å². The summed E-state index contributed by atoms with van der Waals surface area (Å²) in [6.07, 6.45) is 4.45. The van der Waals surface area contributed by atoms with E-state index in [0.29, 0.717) is 33.0 Å². The Morgan fingerprint density at radius 1 is 0.900 bits per heavy atom. The number of hydrogen-bond donors (Lipinski definition) is 0. The van der Waals surface area contributed by atoms with E-state index in [1.807, 2.05) is 6.92 Å². The van der Waals surface area contributed by atoms with Gasteiger partial charge in [0.05, 0.1) is 0 Å². The maximum absolute atomic E-state index is 5.92. The average Bonchev–Trinajstić information content (AvgIpc) is 2.70. The van der Waals surface area contributed by atoms with Gasteiger partial charge in [0.15, 0.2) is 0 Å². The maximum atomic E-state index is 5.92. The van der Waals surface area contributed by atoms with E-state index in [1.54, 1.807) is 7.11 Å². The van der Waals surface area contributed by atoms with Gasteiger partial charge in [-0.15, -0.1) is 0 Å². The van der Waals surface area contributed by atoms with Gasteiger partial charge in [-0.3, -0.25) is 0 Å². The van der Waals surface area contributed by atoms with Crippen molar-refractivity contribution in [2.24, 2.45) is 0 Å². The van der Waals surface area contributed by atoms with Crippen LogP contribution < -0.4 is 0 Å². The second-order valence-electron chi connectivity index (χ2n) is 4.67. The molecule has 1 rings (SSSR count). The van der Waals surface area contributed by atoms with Crippen molar-refractivity contribution < 1.29 is 27.4 Å². The first-order valence-electron chi connectivity index (χ1n) is 7.38. The summed E-state index contributed by atoms with van der Waals surface area (Å²) in [5, 5.41) is 0. The van der Waals surface area contributed by atoms with Gasteiger partial charge in [-0.2, -0.15) is 0 Å². The molecule has 0 saturated carbocycles. The first kappa shape index (κ1) is 18.2. The molecule has 6 nitrogen and oxygen atoms in total. The van der Waals surface area contributed by atoms with Crippen LogP contribution in [0.1, 0.15) is 39.0 Å². The Kier molecular flexibility index (Phi) is 8.44. The molecule has 0 atom stereocenters. The first-order chi connectivity index (χ1) is 9.70. The predicted molar refractivity (Wildman–Crippen MR) is 78.4 cm³/mol. The summed E-state index contributed by atoms with van der Waals surface area (Å²) < 4.78 is 34.1. The van der Waals surface area contributed by atoms with Crippen LogP contribution in [0.3, 0.4) is 0 Å². The molecule has 0 aromatic carbocycles. The second kappa shape index (κ2) is 9.26. The van der Waals surface area contributed by atoms with Crippen molar-refractivity contribution in [2.75, 3.05) is 47.3 Å². The molecule has 0 aliphatic carbocycles. The van der Waals surface area contributed by atoms with Crippen LogP contribution in [0, 0.1) is 0 Å². The van der Waals surface area contributed by atoms with Gasteiger partial charge in [-0.1, -0.05) is 0 Å². The Hall–Kier alpha value is 0.190. The van der Waals surface area contributed by atoms with Crippen LogP contribution in [0.25, 0.3) is 0 Å². The molecule has 0 bridgehead atoms. The van der Waals surface area contributed by atoms with E-state index in [0.717, 1.165) is 32.1 Å². The first-order valence-corrected chi connectivity index (χ1v) is 9.21. The van der Waals surface area contributed by atoms with Gasteiger partial charge in [0.25, 0.3) is 0 Å². The molecule has 1 fully saturated rings. The molecular formula is C13H29O6P. The van der Waals surface area contributed by atoms with Crippen LogP contribution in [0.15, 0.2) is 0 Å². The van der Waals surface area contributed by atoms with Crippen LogP contribution in [-0.2, 0) is 27.4 Å². The number of methoxy groups -OCH3 is 1. The molecule has 122 valence electrons. The van der Waals surface area contributed by atoms with Crippen molar-refractivity contribution in [2.45, 2.75) is 39.0 Å². The van der Waals surface area contributed by atoms with Gasteiger partial charge in [0.1, 0.15) is 0 Å². The van der Waals surface area contributed by atoms with Gasteiger partial charge in [-0.05, 0) is 0 Å². The fraction of sp³-hybridized carbons (Fsp3) is 1.00. The number of ether oxygens (including phenoxy) is 1. The molecule has 0 amide bonds. The van der Waals surface area contributed by atoms with E-state index in [1.165, 1.54) is 7.11 Å². The van der Waals surface area contributed by atoms with Crippen LogP contribution in [0.4, 0.5) is 0 Å². The molecule has 1 heterocycles. The zero-order valence-electron chi connectivity index (χ0n) is 13.0. The van der Waals surface area contributed by atoms with E-state index in [4.69, 9.17) is 27.4 Å². The third kappa shape index (κ3) is 5.19. The minimum absolute atomic E-state index is 0.471. The fourth-order valence-corrected chi connectivity index (χ4v) is 4.50. The summed E-state index contributed by atoms with van der Waals surface area (Å²) in [7, 11) is -0.636. The summed E-state index contributed by atoms with van der Waals surface area (Å²) in [6.45, 7) is 4.77. The molecule has 20 heavy (non-hydrogen) atoms. The summed E-state index contributed by atoms with van der Waals surface area (Å²) in [6, 6.07) is 0. The van der Waals surface area contributed by atoms with Crippen molar-refractivity contribution in [1.29, 1.82) is 0 Å². The third-order valence-corrected chi connectivity index (χ3v) is 6.01. The Balaban J connectivity index is 2.65. The minimum atomic E-state index is -3.86. The quantitative estimate of drug-likeness (QED) is 0.455. The molecule has 0 spiro atoms. The van der Waals surface area contributed by atoms with Gasteiger partial charge >= 0.3 is 121 Å². The molecule has 7 heteroatoms. The van der Waals surface area contributed by atoms with Crippen molar-refractivity contribution in [3.8, 4) is 0 Å². The van der Waals surface area contributed by atoms with E-state index in [2.05, 4.69) is 0 Å². The number of hydrogen-bond acceptors (Lipinski definition) is 6. The Morgan fingerprint density at radius 2 is 1.50 bits per heavy atom. The van der Waals surface area contributed by atoms with Gasteiger partial charge in [-0.25, -0.2) is 0 Å². The molecule has 1 aliphatic heterocycles. The second-order valence-corrected chi connectivity index (χ2v) is 7.56. The van der Waals surface area contributed by atoms with Crippen molar-refractivity contribution >= 4 is 7.74 Å². The molecule has 0 N–H and O–H groups in total. The van der Waals surface area contributed by atoms with Gasteiger partial charge in [0, 0.05) is 0 Å². The Labute approximate surface area is 122 Å². The third-order valence-electron chi connectivity index (χ3n) is 2.99. The predicted octanol–water partition coefficient (Wildman–Crippen LogP) is 3.46. The summed E-state index contributed by atoms with van der Waals surface area (Å²) in [5.74, 6) is 0. The van der Waals surface area contributed by atoms with Crippen molar-refractivity contribution in [1.82, 2.24) is 0 Å². The monoisotopic (exact) mass is 312 g/mol. The van der Waals surface area contributed by atoms with E-state index < -0.39 is 7.74 Å².